The average molecular weight is 572 g/mol. The first-order valence-electron chi connectivity index (χ1n) is 16.1. The lowest BCUT2D eigenvalue weighted by Crippen LogP contribution is -2.64. The second kappa shape index (κ2) is 8.18. The second-order valence-corrected chi connectivity index (χ2v) is 14.9. The standard InChI is InChI=1S/C42H39N2/c1-25-22-26(2)36-35(23-25)44-39(38-37(36)29-14-8-10-16-31(29)41(38,6)7)30-15-9-11-17-32(30)42(44)33-24-27(40(3,4)5)19-20-28(33)34-18-12-13-21-43(34)42/h8-24,39H,1-7H3/q+1. The Balaban J connectivity index is 1.49. The van der Waals surface area contributed by atoms with Crippen LogP contribution in [0.1, 0.15) is 90.7 Å². The molecule has 0 fully saturated rings. The van der Waals surface area contributed by atoms with E-state index >= 15 is 0 Å². The number of rotatable bonds is 0. The molecule has 0 amide bonds. The first-order chi connectivity index (χ1) is 21.1. The molecule has 216 valence electrons. The van der Waals surface area contributed by atoms with Gasteiger partial charge in [0, 0.05) is 23.1 Å². The minimum Gasteiger partial charge on any atom is -0.292 e. The monoisotopic (exact) mass is 571 g/mol. The van der Waals surface area contributed by atoms with Gasteiger partial charge in [-0.25, -0.2) is 0 Å². The number of hydrogen-bond donors (Lipinski definition) is 0. The van der Waals surface area contributed by atoms with E-state index in [0.717, 1.165) is 0 Å². The van der Waals surface area contributed by atoms with Crippen molar-refractivity contribution < 1.29 is 4.57 Å². The molecule has 44 heavy (non-hydrogen) atoms. The fourth-order valence-corrected chi connectivity index (χ4v) is 9.28. The molecule has 2 unspecified atom stereocenters. The number of aryl methyl sites for hydroxylation is 2. The Morgan fingerprint density at radius 2 is 1.45 bits per heavy atom. The van der Waals surface area contributed by atoms with Gasteiger partial charge in [0.15, 0.2) is 6.20 Å². The van der Waals surface area contributed by atoms with E-state index in [1.165, 1.54) is 78.2 Å². The van der Waals surface area contributed by atoms with Gasteiger partial charge in [-0.2, -0.15) is 4.57 Å². The van der Waals surface area contributed by atoms with Gasteiger partial charge in [-0.3, -0.25) is 4.90 Å². The predicted molar refractivity (Wildman–Crippen MR) is 180 cm³/mol. The molecule has 5 aromatic rings. The topological polar surface area (TPSA) is 7.12 Å². The SMILES string of the molecule is Cc1cc(C)c2c(c1)N1C(C3=C2c2ccccc2C3(C)C)c2ccccc2C12c1cc(C(C)(C)C)ccc1-c1cccc[n+]12. The molecule has 4 aliphatic rings. The zero-order chi connectivity index (χ0) is 30.3. The van der Waals surface area contributed by atoms with Gasteiger partial charge in [0.2, 0.25) is 5.69 Å². The summed E-state index contributed by atoms with van der Waals surface area (Å²) in [6.07, 6.45) is 2.33. The molecular formula is C42H39N2+. The highest BCUT2D eigenvalue weighted by Gasteiger charge is 2.67. The normalized spacial score (nSPS) is 21.4. The second-order valence-electron chi connectivity index (χ2n) is 14.9. The molecule has 1 aromatic heterocycles. The van der Waals surface area contributed by atoms with Crippen LogP contribution in [-0.4, -0.2) is 0 Å². The van der Waals surface area contributed by atoms with E-state index in [2.05, 4.69) is 161 Å². The number of hydrogen-bond acceptors (Lipinski definition) is 1. The van der Waals surface area contributed by atoms with Crippen LogP contribution in [0.2, 0.25) is 0 Å². The number of aromatic nitrogens is 1. The van der Waals surface area contributed by atoms with E-state index in [1.807, 2.05) is 0 Å². The van der Waals surface area contributed by atoms with Crippen LogP contribution in [0.25, 0.3) is 16.8 Å². The van der Waals surface area contributed by atoms with Crippen molar-refractivity contribution in [1.29, 1.82) is 0 Å². The third kappa shape index (κ3) is 2.90. The van der Waals surface area contributed by atoms with Crippen LogP contribution in [-0.2, 0) is 16.5 Å². The number of benzene rings is 4. The van der Waals surface area contributed by atoms with Gasteiger partial charge in [0.25, 0.3) is 5.66 Å². The van der Waals surface area contributed by atoms with Crippen LogP contribution in [0.5, 0.6) is 0 Å². The highest BCUT2D eigenvalue weighted by molar-refractivity contribution is 6.00. The summed E-state index contributed by atoms with van der Waals surface area (Å²) in [4.78, 5) is 2.83. The number of anilines is 1. The first kappa shape index (κ1) is 26.0. The first-order valence-corrected chi connectivity index (χ1v) is 16.1. The molecule has 0 bridgehead atoms. The van der Waals surface area contributed by atoms with Crippen LogP contribution in [0.3, 0.4) is 0 Å². The van der Waals surface area contributed by atoms with Gasteiger partial charge in [-0.1, -0.05) is 89.2 Å². The third-order valence-corrected chi connectivity index (χ3v) is 11.0. The Morgan fingerprint density at radius 1 is 0.727 bits per heavy atom. The molecule has 0 radical (unpaired) electrons. The molecule has 2 nitrogen and oxygen atoms in total. The van der Waals surface area contributed by atoms with Gasteiger partial charge in [-0.15, -0.1) is 0 Å². The van der Waals surface area contributed by atoms with Gasteiger partial charge < -0.3 is 0 Å². The van der Waals surface area contributed by atoms with Crippen molar-refractivity contribution in [2.24, 2.45) is 0 Å². The lowest BCUT2D eigenvalue weighted by atomic mass is 9.74. The molecule has 9 rings (SSSR count). The maximum atomic E-state index is 2.83. The highest BCUT2D eigenvalue weighted by Crippen LogP contribution is 2.66. The summed E-state index contributed by atoms with van der Waals surface area (Å²) >= 11 is 0. The van der Waals surface area contributed by atoms with Gasteiger partial charge in [-0.05, 0) is 94.1 Å². The van der Waals surface area contributed by atoms with E-state index < -0.39 is 5.66 Å². The van der Waals surface area contributed by atoms with Gasteiger partial charge in [0.1, 0.15) is 0 Å². The summed E-state index contributed by atoms with van der Waals surface area (Å²) < 4.78 is 2.59. The number of fused-ring (bicyclic) bond motifs is 16. The van der Waals surface area contributed by atoms with Crippen molar-refractivity contribution in [3.8, 4) is 11.3 Å². The fourth-order valence-electron chi connectivity index (χ4n) is 9.28. The van der Waals surface area contributed by atoms with Crippen molar-refractivity contribution in [3.63, 3.8) is 0 Å². The lowest BCUT2D eigenvalue weighted by Gasteiger charge is -2.45. The van der Waals surface area contributed by atoms with Crippen LogP contribution in [0.4, 0.5) is 5.69 Å². The van der Waals surface area contributed by atoms with Gasteiger partial charge >= 0.3 is 0 Å². The van der Waals surface area contributed by atoms with E-state index in [9.17, 15) is 0 Å². The Morgan fingerprint density at radius 3 is 2.25 bits per heavy atom. The van der Waals surface area contributed by atoms with Crippen LogP contribution >= 0.6 is 0 Å². The lowest BCUT2D eigenvalue weighted by molar-refractivity contribution is -0.727. The molecule has 3 aliphatic heterocycles. The summed E-state index contributed by atoms with van der Waals surface area (Å²) in [6.45, 7) is 16.5. The summed E-state index contributed by atoms with van der Waals surface area (Å²) in [6, 6.07) is 37.4. The molecule has 1 spiro atoms. The van der Waals surface area contributed by atoms with Crippen molar-refractivity contribution in [2.75, 3.05) is 4.90 Å². The molecule has 4 heterocycles. The molecule has 4 aromatic carbocycles. The molecule has 2 heteroatoms. The predicted octanol–water partition coefficient (Wildman–Crippen LogP) is 9.29. The van der Waals surface area contributed by atoms with E-state index in [1.54, 1.807) is 0 Å². The molecular weight excluding hydrogens is 532 g/mol. The highest BCUT2D eigenvalue weighted by atomic mass is 15.4. The largest absolute Gasteiger partial charge is 0.298 e. The van der Waals surface area contributed by atoms with Crippen LogP contribution < -0.4 is 9.47 Å². The van der Waals surface area contributed by atoms with E-state index in [-0.39, 0.29) is 16.9 Å². The summed E-state index contributed by atoms with van der Waals surface area (Å²) in [7, 11) is 0. The molecule has 0 saturated heterocycles. The minimum atomic E-state index is -0.521. The Kier molecular flexibility index (Phi) is 4.84. The number of nitrogens with zero attached hydrogens (tertiary/aromatic N) is 2. The maximum Gasteiger partial charge on any atom is 0.298 e. The summed E-state index contributed by atoms with van der Waals surface area (Å²) in [5.74, 6) is 0. The molecule has 2 atom stereocenters. The van der Waals surface area contributed by atoms with E-state index in [4.69, 9.17) is 0 Å². The molecule has 1 aliphatic carbocycles. The van der Waals surface area contributed by atoms with Gasteiger partial charge in [0.05, 0.1) is 28.4 Å². The smallest absolute Gasteiger partial charge is 0.292 e. The zero-order valence-corrected chi connectivity index (χ0v) is 26.8. The minimum absolute atomic E-state index is 0.0327. The zero-order valence-electron chi connectivity index (χ0n) is 26.8. The fraction of sp³-hybridized carbons (Fsp3) is 0.262. The Hall–Kier alpha value is -4.43. The van der Waals surface area contributed by atoms with Crippen molar-refractivity contribution >= 4 is 11.3 Å². The molecule has 0 N–H and O–H groups in total. The Labute approximate surface area is 261 Å². The maximum absolute atomic E-state index is 2.83. The average Bonchev–Trinajstić information content (AvgIpc) is 3.55. The third-order valence-electron chi connectivity index (χ3n) is 11.0. The van der Waals surface area contributed by atoms with Crippen LogP contribution in [0, 0.1) is 13.8 Å². The quantitative estimate of drug-likeness (QED) is 0.168. The van der Waals surface area contributed by atoms with Crippen molar-refractivity contribution in [2.45, 2.75) is 71.0 Å². The van der Waals surface area contributed by atoms with Crippen LogP contribution in [0.15, 0.2) is 109 Å². The molecule has 0 saturated carbocycles. The van der Waals surface area contributed by atoms with Crippen molar-refractivity contribution in [3.05, 3.63) is 159 Å². The summed E-state index contributed by atoms with van der Waals surface area (Å²) in [5, 5.41) is 0. The Bertz CT molecular complexity index is 2120. The number of pyridine rings is 1. The van der Waals surface area contributed by atoms with Crippen molar-refractivity contribution in [1.82, 2.24) is 0 Å². The summed E-state index contributed by atoms with van der Waals surface area (Å²) in [5.41, 5.74) is 18.8. The van der Waals surface area contributed by atoms with E-state index in [0.29, 0.717) is 0 Å².